The minimum atomic E-state index is -2.02. The number of carbonyl (C=O) groups is 3. The predicted octanol–water partition coefficient (Wildman–Crippen LogP) is -0.510. The van der Waals surface area contributed by atoms with Gasteiger partial charge in [-0.25, -0.2) is 4.79 Å². The second-order valence-corrected chi connectivity index (χ2v) is 9.12. The molecule has 1 saturated carbocycles. The van der Waals surface area contributed by atoms with Crippen molar-refractivity contribution in [1.82, 2.24) is 4.90 Å². The number of aliphatic hydroxyl groups is 2. The molecule has 0 aromatic heterocycles. The van der Waals surface area contributed by atoms with E-state index in [1.165, 1.54) is 11.1 Å². The molecule has 1 saturated heterocycles. The molecule has 182 valence electrons. The zero-order valence-electron chi connectivity index (χ0n) is 18.9. The highest BCUT2D eigenvalue weighted by molar-refractivity contribution is 5.89. The number of ketones is 2. The number of nitrogens with zero attached hydrogens (tertiary/aromatic N) is 1. The smallest absolute Gasteiger partial charge is 0.335 e. The van der Waals surface area contributed by atoms with Crippen LogP contribution in [0.3, 0.4) is 0 Å². The third-order valence-corrected chi connectivity index (χ3v) is 7.56. The second-order valence-electron chi connectivity index (χ2n) is 9.12. The fourth-order valence-electron chi connectivity index (χ4n) is 6.03. The number of carboxylic acid groups (broad SMARTS) is 1. The second kappa shape index (κ2) is 9.02. The fourth-order valence-corrected chi connectivity index (χ4v) is 6.03. The Morgan fingerprint density at radius 1 is 1.27 bits per heavy atom. The van der Waals surface area contributed by atoms with Crippen molar-refractivity contribution in [3.8, 4) is 11.5 Å². The van der Waals surface area contributed by atoms with E-state index in [1.54, 1.807) is 7.11 Å². The van der Waals surface area contributed by atoms with Gasteiger partial charge in [0.1, 0.15) is 6.10 Å². The van der Waals surface area contributed by atoms with Crippen LogP contribution in [0.25, 0.3) is 0 Å². The molecule has 6 atom stereocenters. The van der Waals surface area contributed by atoms with E-state index in [4.69, 9.17) is 24.8 Å². The first-order chi connectivity index (χ1) is 15.1. The molecule has 4 aliphatic rings. The number of hydrogen-bond acceptors (Lipinski definition) is 8. The van der Waals surface area contributed by atoms with Gasteiger partial charge in [0.05, 0.1) is 7.11 Å². The summed E-state index contributed by atoms with van der Waals surface area (Å²) in [5.41, 5.74) is 2.57. The number of likely N-dealkylation sites (N-methyl/N-ethyl adjacent to an activating group) is 1. The molecule has 5 rings (SSSR count). The lowest BCUT2D eigenvalue weighted by molar-refractivity contribution is -0.156. The van der Waals surface area contributed by atoms with Crippen molar-refractivity contribution in [3.05, 3.63) is 23.3 Å². The van der Waals surface area contributed by atoms with E-state index in [0.29, 0.717) is 18.4 Å². The maximum Gasteiger partial charge on any atom is 0.335 e. The van der Waals surface area contributed by atoms with Gasteiger partial charge in [0.25, 0.3) is 0 Å². The summed E-state index contributed by atoms with van der Waals surface area (Å²) in [6.07, 6.45) is -0.368. The van der Waals surface area contributed by atoms with Crippen LogP contribution < -0.4 is 9.47 Å². The number of Topliss-reactive ketones (excluding diaryl/α,β-unsaturated/α-hetero) is 2. The minimum Gasteiger partial charge on any atom is -0.493 e. The Morgan fingerprint density at radius 2 is 1.97 bits per heavy atom. The van der Waals surface area contributed by atoms with Crippen LogP contribution in [0.4, 0.5) is 0 Å². The van der Waals surface area contributed by atoms with Gasteiger partial charge in [0.2, 0.25) is 0 Å². The molecule has 1 spiro atoms. The number of hydrogen-bond donors (Lipinski definition) is 3. The van der Waals surface area contributed by atoms with Crippen molar-refractivity contribution in [3.63, 3.8) is 0 Å². The lowest BCUT2D eigenvalue weighted by atomic mass is 9.52. The minimum absolute atomic E-state index is 0. The van der Waals surface area contributed by atoms with Crippen LogP contribution >= 0.6 is 0 Å². The number of aliphatic carboxylic acids is 1. The fraction of sp³-hybridized carbons (Fsp3) is 0.609. The normalized spacial score (nSPS) is 30.5. The average molecular weight is 465 g/mol. The number of carbonyl (C=O) groups excluding carboxylic acids is 2. The molecule has 0 radical (unpaired) electrons. The molecule has 0 amide bonds. The number of piperidine rings is 1. The standard InChI is InChI=1S/C18H21NO3.C5H8O5.H2O/c1-19-8-7-18-11-4-5-13(20)17(18)22-16-14(21-2)6-3-10(15(16)18)9-12(11)19;1-2(6)3(7)4(8)5(9)10;/h3,6,11-12,17H,4-5,7-9H2,1-2H3;3-4,7-8H,1H3,(H,9,10);1H2/t11-,12+,17-,18-;3-,4+;/m00./s1. The van der Waals surface area contributed by atoms with Gasteiger partial charge < -0.3 is 35.2 Å². The summed E-state index contributed by atoms with van der Waals surface area (Å²) in [5, 5.41) is 25.1. The van der Waals surface area contributed by atoms with E-state index >= 15 is 0 Å². The first-order valence-electron chi connectivity index (χ1n) is 10.8. The Bertz CT molecular complexity index is 945. The number of aliphatic hydroxyl groups excluding tert-OH is 2. The molecule has 10 heteroatoms. The first-order valence-corrected chi connectivity index (χ1v) is 10.8. The summed E-state index contributed by atoms with van der Waals surface area (Å²) in [6.45, 7) is 2.04. The Kier molecular flexibility index (Phi) is 6.86. The van der Waals surface area contributed by atoms with Crippen molar-refractivity contribution in [2.75, 3.05) is 20.7 Å². The Hall–Kier alpha value is -2.53. The summed E-state index contributed by atoms with van der Waals surface area (Å²) >= 11 is 0. The maximum atomic E-state index is 12.6. The molecule has 33 heavy (non-hydrogen) atoms. The first kappa shape index (κ1) is 25.1. The van der Waals surface area contributed by atoms with E-state index in [0.717, 1.165) is 44.2 Å². The van der Waals surface area contributed by atoms with Crippen LogP contribution in [0.1, 0.15) is 37.3 Å². The van der Waals surface area contributed by atoms with Crippen molar-refractivity contribution in [2.45, 2.75) is 62.4 Å². The molecule has 2 aliphatic carbocycles. The van der Waals surface area contributed by atoms with E-state index in [9.17, 15) is 14.4 Å². The molecular formula is C23H31NO9. The van der Waals surface area contributed by atoms with Crippen LogP contribution in [0.15, 0.2) is 12.1 Å². The maximum absolute atomic E-state index is 12.6. The van der Waals surface area contributed by atoms with Gasteiger partial charge in [-0.1, -0.05) is 6.07 Å². The summed E-state index contributed by atoms with van der Waals surface area (Å²) in [7, 11) is 3.91. The van der Waals surface area contributed by atoms with E-state index in [2.05, 4.69) is 18.0 Å². The molecule has 1 aromatic carbocycles. The zero-order valence-corrected chi connectivity index (χ0v) is 18.9. The van der Waals surface area contributed by atoms with Gasteiger partial charge in [0.15, 0.2) is 35.3 Å². The van der Waals surface area contributed by atoms with E-state index in [-0.39, 0.29) is 22.8 Å². The number of rotatable bonds is 4. The lowest BCUT2D eigenvalue weighted by Gasteiger charge is -2.57. The Balaban J connectivity index is 0.000000241. The van der Waals surface area contributed by atoms with Gasteiger partial charge in [-0.2, -0.15) is 0 Å². The van der Waals surface area contributed by atoms with Crippen LogP contribution in [0.2, 0.25) is 0 Å². The highest BCUT2D eigenvalue weighted by Gasteiger charge is 2.65. The molecule has 5 N–H and O–H groups in total. The van der Waals surface area contributed by atoms with E-state index < -0.39 is 24.0 Å². The van der Waals surface area contributed by atoms with Crippen molar-refractivity contribution in [2.24, 2.45) is 5.92 Å². The number of benzene rings is 1. The highest BCUT2D eigenvalue weighted by Crippen LogP contribution is 2.63. The molecular weight excluding hydrogens is 434 g/mol. The van der Waals surface area contributed by atoms with Crippen LogP contribution in [-0.4, -0.2) is 88.3 Å². The highest BCUT2D eigenvalue weighted by atomic mass is 16.5. The van der Waals surface area contributed by atoms with Gasteiger partial charge in [-0.3, -0.25) is 9.59 Å². The van der Waals surface area contributed by atoms with Crippen molar-refractivity contribution >= 4 is 17.5 Å². The van der Waals surface area contributed by atoms with Crippen LogP contribution in [0.5, 0.6) is 11.5 Å². The van der Waals surface area contributed by atoms with Crippen molar-refractivity contribution < 1.29 is 44.7 Å². The van der Waals surface area contributed by atoms with Gasteiger partial charge in [0, 0.05) is 23.4 Å². The monoisotopic (exact) mass is 465 g/mol. The summed E-state index contributed by atoms with van der Waals surface area (Å²) in [5.74, 6) is 0.0813. The summed E-state index contributed by atoms with van der Waals surface area (Å²) in [6, 6.07) is 4.73. The van der Waals surface area contributed by atoms with Gasteiger partial charge in [-0.05, 0) is 57.3 Å². The van der Waals surface area contributed by atoms with Gasteiger partial charge >= 0.3 is 5.97 Å². The number of ether oxygens (including phenoxy) is 2. The molecule has 10 nitrogen and oxygen atoms in total. The quantitative estimate of drug-likeness (QED) is 0.531. The van der Waals surface area contributed by atoms with Crippen LogP contribution in [0, 0.1) is 5.92 Å². The van der Waals surface area contributed by atoms with Crippen molar-refractivity contribution in [1.29, 1.82) is 0 Å². The SMILES string of the molecule is CC(=O)[C@H](O)[C@@H](O)C(=O)O.COc1ccc2c3c1O[C@H]1C(=O)CC[C@H]4[C@@H](C2)N(C)CC[C@]314.O. The molecule has 2 bridgehead atoms. The van der Waals surface area contributed by atoms with Crippen LogP contribution in [-0.2, 0) is 26.2 Å². The molecule has 2 heterocycles. The number of likely N-dealkylation sites (tertiary alicyclic amines) is 1. The third kappa shape index (κ3) is 3.71. The van der Waals surface area contributed by atoms with E-state index in [1.807, 2.05) is 6.07 Å². The zero-order chi connectivity index (χ0) is 23.4. The summed E-state index contributed by atoms with van der Waals surface area (Å²) < 4.78 is 11.8. The Labute approximate surface area is 191 Å². The largest absolute Gasteiger partial charge is 0.493 e. The molecule has 2 aliphatic heterocycles. The summed E-state index contributed by atoms with van der Waals surface area (Å²) in [4.78, 5) is 35.2. The Morgan fingerprint density at radius 3 is 2.55 bits per heavy atom. The topological polar surface area (TPSA) is 165 Å². The molecule has 0 unspecified atom stereocenters. The third-order valence-electron chi connectivity index (χ3n) is 7.56. The average Bonchev–Trinajstić information content (AvgIpc) is 3.12. The molecule has 1 aromatic rings. The van der Waals surface area contributed by atoms with Gasteiger partial charge in [-0.15, -0.1) is 0 Å². The predicted molar refractivity (Wildman–Crippen MR) is 116 cm³/mol. The molecule has 2 fully saturated rings. The lowest BCUT2D eigenvalue weighted by Crippen LogP contribution is -2.65. The number of carboxylic acids is 1. The number of methoxy groups -OCH3 is 1.